The van der Waals surface area contributed by atoms with Crippen molar-refractivity contribution in [1.29, 1.82) is 0 Å². The number of hydrogen-bond donors (Lipinski definition) is 21. The van der Waals surface area contributed by atoms with Gasteiger partial charge < -0.3 is 148 Å². The highest BCUT2D eigenvalue weighted by atomic mass is 35.5. The number of carbonyl (C=O) groups excluding carboxylic acids is 8. The van der Waals surface area contributed by atoms with Crippen LogP contribution in [-0.4, -0.2) is 227 Å². The number of aliphatic hydroxyl groups is 7. The van der Waals surface area contributed by atoms with Crippen molar-refractivity contribution in [3.63, 3.8) is 0 Å². The first-order chi connectivity index (χ1) is 60.5. The number of aliphatic hydroxyl groups excluding tert-OH is 7. The van der Waals surface area contributed by atoms with E-state index in [1.165, 1.54) is 36.4 Å². The Morgan fingerprint density at radius 2 is 1.21 bits per heavy atom. The Morgan fingerprint density at radius 3 is 1.91 bits per heavy atom. The van der Waals surface area contributed by atoms with Gasteiger partial charge in [0.2, 0.25) is 65.6 Å². The van der Waals surface area contributed by atoms with Gasteiger partial charge in [0, 0.05) is 48.2 Å². The normalized spacial score (nSPS) is 26.0. The minimum Gasteiger partial charge on any atom is -0.508 e. The molecule has 678 valence electrons. The van der Waals surface area contributed by atoms with E-state index >= 15 is 28.8 Å². The standard InChI is InChI=1S/C87H98Cl2N10O28/c1-37(2)12-9-7-5-6-8-10-13-60(105)93-69-72(108)74(110)77(85(119)120)127-86(69)126-76-57-30-42-31-58(76)123-54-23-18-41(28-49(54)88)70(106)68-84(118)97-66(80(114)91-24-11-25-99(3)4)47-32-43(101)33-56(124-87-75(111)73(109)71(107)59(36-100)125-87)61(47)46-27-40(17-21-51(46)102)64(81(115)98-68)94-82(116)65(42)95-83(117)67-48-34-45(35-53(104)62(48)89)122-55-29-39(16-22-52(55)103)63(90)79(113)92-50(78(112)96-67)26-38-14-19-44(121-57)20-15-38/h14-23,27-35,37,50,59,63-75,77,86-87,100-104,106-111H,5-13,24-26,36,90H2,1-4H3,(H,91,114)(H,92,113)(H,93,105)(H,94,116)(H,95,117)(H,96,112)(H,97,118)(H,98,115)(H,119,120)/t50-,59-,63-,64-,65-,66+,67+,68+,69-,70-,71-,72-,73+,74+,75+,77+,86-,87+/m1/s1. The van der Waals surface area contributed by atoms with Gasteiger partial charge >= 0.3 is 5.97 Å². The average molecular weight is 1800 g/mol. The molecule has 0 saturated carbocycles. The van der Waals surface area contributed by atoms with Crippen LogP contribution in [0.15, 0.2) is 115 Å². The number of halogens is 2. The first kappa shape index (κ1) is 92.8. The molecule has 0 aliphatic carbocycles. The minimum absolute atomic E-state index is 0.0422. The van der Waals surface area contributed by atoms with Gasteiger partial charge in [-0.15, -0.1) is 0 Å². The van der Waals surface area contributed by atoms with Gasteiger partial charge in [-0.05, 0) is 146 Å². The van der Waals surface area contributed by atoms with E-state index in [9.17, 15) is 75.7 Å². The molecular formula is C87H98Cl2N10O28. The number of carbonyl (C=O) groups is 9. The molecule has 0 unspecified atom stereocenters. The number of rotatable bonds is 21. The van der Waals surface area contributed by atoms with E-state index in [-0.39, 0.29) is 47.6 Å². The lowest BCUT2D eigenvalue weighted by Gasteiger charge is -2.41. The molecule has 0 radical (unpaired) electrons. The Kier molecular flexibility index (Phi) is 29.2. The van der Waals surface area contributed by atoms with Gasteiger partial charge in [-0.1, -0.05) is 106 Å². The number of hydrogen-bond acceptors (Lipinski definition) is 29. The number of benzene rings is 7. The Balaban J connectivity index is 1.04. The summed E-state index contributed by atoms with van der Waals surface area (Å²) >= 11 is 14.3. The third kappa shape index (κ3) is 21.0. The first-order valence-electron chi connectivity index (χ1n) is 41.0. The number of fused-ring (bicyclic) bond motifs is 14. The van der Waals surface area contributed by atoms with Crippen LogP contribution in [0.1, 0.15) is 147 Å². The van der Waals surface area contributed by atoms with E-state index < -0.39 is 277 Å². The van der Waals surface area contributed by atoms with Gasteiger partial charge in [-0.2, -0.15) is 0 Å². The largest absolute Gasteiger partial charge is 0.508 e. The summed E-state index contributed by atoms with van der Waals surface area (Å²) in [6, 6.07) is 4.87. The summed E-state index contributed by atoms with van der Waals surface area (Å²) in [7, 11) is 3.52. The number of nitrogens with zero attached hydrogens (tertiary/aromatic N) is 1. The number of aromatic hydroxyl groups is 4. The van der Waals surface area contributed by atoms with E-state index in [0.717, 1.165) is 111 Å². The van der Waals surface area contributed by atoms with Crippen LogP contribution in [0.2, 0.25) is 10.0 Å². The van der Waals surface area contributed by atoms with E-state index in [1.54, 1.807) is 19.0 Å². The number of phenols is 4. The molecule has 127 heavy (non-hydrogen) atoms. The molecule has 38 nitrogen and oxygen atoms in total. The number of nitrogens with two attached hydrogens (primary N) is 1. The highest BCUT2D eigenvalue weighted by molar-refractivity contribution is 6.33. The molecule has 0 aromatic heterocycles. The van der Waals surface area contributed by atoms with Gasteiger partial charge in [0.1, 0.15) is 131 Å². The topological polar surface area (TPSA) is 587 Å². The van der Waals surface area contributed by atoms with Crippen LogP contribution in [0.5, 0.6) is 69.0 Å². The Hall–Kier alpha value is -11.9. The number of carboxylic acid groups (broad SMARTS) is 1. The maximum atomic E-state index is 16.8. The zero-order chi connectivity index (χ0) is 91.3. The van der Waals surface area contributed by atoms with Gasteiger partial charge in [0.05, 0.1) is 16.7 Å². The summed E-state index contributed by atoms with van der Waals surface area (Å²) in [5.74, 6) is -17.9. The molecular weight excluding hydrogens is 1700 g/mol. The maximum Gasteiger partial charge on any atom is 0.335 e. The summed E-state index contributed by atoms with van der Waals surface area (Å²) in [5.41, 5.74) is 3.69. The summed E-state index contributed by atoms with van der Waals surface area (Å²) in [4.78, 5) is 140. The monoisotopic (exact) mass is 1800 g/mol. The van der Waals surface area contributed by atoms with Crippen LogP contribution in [-0.2, 0) is 59.0 Å². The lowest BCUT2D eigenvalue weighted by molar-refractivity contribution is -0.277. The molecule has 22 N–H and O–H groups in total. The summed E-state index contributed by atoms with van der Waals surface area (Å²) in [6.45, 7) is 3.60. The second-order valence-corrected chi connectivity index (χ2v) is 33.2. The molecule has 7 aromatic rings. The fraction of sp³-hybridized carbons (Fsp3) is 0.414. The second kappa shape index (κ2) is 40.0. The SMILES string of the molecule is CC(C)CCCCCCCCC(=O)N[C@H]1[C@H](Oc2c3cc4cc2Oc2ccc(cc2Cl)[C@@H](O)[C@@H]2NC(=O)[C@H](NC(=O)[C@@H]4NC(=O)[C@H]4NC(=O)[C@@H](Cc5ccc(cc5)O3)NC(=O)[C@H](N)c3ccc(O)c(c3)Oc3cc(O)c(Cl)c4c3)c3ccc(O)c(c3)-c3c(O[C@H]4O[C@H](CO)[C@@H](O)[C@H](O)[C@@H]4O)cc(O)cc3[C@@H](C(=O)NCCCN(C)C)NC2=O)O[C@H](C(=O)O)[C@@H](O)[C@@H]1O. The van der Waals surface area contributed by atoms with Crippen molar-refractivity contribution in [1.82, 2.24) is 47.4 Å². The van der Waals surface area contributed by atoms with Crippen molar-refractivity contribution in [3.8, 4) is 80.1 Å². The van der Waals surface area contributed by atoms with E-state index in [2.05, 4.69) is 56.4 Å². The third-order valence-corrected chi connectivity index (χ3v) is 23.2. The van der Waals surface area contributed by atoms with Crippen LogP contribution in [0.25, 0.3) is 11.1 Å². The van der Waals surface area contributed by atoms with Crippen molar-refractivity contribution in [2.75, 3.05) is 33.8 Å². The Bertz CT molecular complexity index is 5320. The summed E-state index contributed by atoms with van der Waals surface area (Å²) < 4.78 is 44.3. The molecule has 17 bridgehead atoms. The Labute approximate surface area is 735 Å². The number of carboxylic acids is 1. The molecule has 18 atom stereocenters. The lowest BCUT2D eigenvalue weighted by Crippen LogP contribution is -2.66. The van der Waals surface area contributed by atoms with Crippen molar-refractivity contribution in [2.24, 2.45) is 11.7 Å². The predicted molar refractivity (Wildman–Crippen MR) is 447 cm³/mol. The van der Waals surface area contributed by atoms with Gasteiger partial charge in [-0.25, -0.2) is 4.79 Å². The molecule has 7 aromatic carbocycles. The van der Waals surface area contributed by atoms with Crippen LogP contribution in [0, 0.1) is 5.92 Å². The fourth-order valence-corrected chi connectivity index (χ4v) is 16.1. The zero-order valence-corrected chi connectivity index (χ0v) is 70.3. The predicted octanol–water partition coefficient (Wildman–Crippen LogP) is 3.91. The molecule has 0 spiro atoms. The number of phenolic OH excluding ortho intramolecular Hbond substituents is 4. The summed E-state index contributed by atoms with van der Waals surface area (Å²) in [5, 5.41) is 158. The molecule has 40 heteroatoms. The number of aliphatic carboxylic acids is 1. The number of ether oxygens (including phenoxy) is 7. The van der Waals surface area contributed by atoms with Gasteiger partial charge in [-0.3, -0.25) is 38.4 Å². The molecule has 8 amide bonds. The molecule has 8 heterocycles. The van der Waals surface area contributed by atoms with Gasteiger partial charge in [0.15, 0.2) is 29.1 Å². The molecule has 15 rings (SSSR count). The quantitative estimate of drug-likeness (QED) is 0.0453. The Morgan fingerprint density at radius 1 is 0.567 bits per heavy atom. The van der Waals surface area contributed by atoms with E-state index in [4.69, 9.17) is 62.1 Å². The molecule has 8 aliphatic heterocycles. The van der Waals surface area contributed by atoms with Crippen molar-refractivity contribution in [2.45, 2.75) is 188 Å². The van der Waals surface area contributed by atoms with Crippen LogP contribution in [0.4, 0.5) is 0 Å². The first-order valence-corrected chi connectivity index (χ1v) is 41.8. The third-order valence-electron chi connectivity index (χ3n) is 22.5. The lowest BCUT2D eigenvalue weighted by atomic mass is 9.89. The van der Waals surface area contributed by atoms with Crippen molar-refractivity contribution in [3.05, 3.63) is 164 Å². The van der Waals surface area contributed by atoms with Crippen molar-refractivity contribution < 1.29 is 138 Å². The second-order valence-electron chi connectivity index (χ2n) is 32.5. The molecule has 2 fully saturated rings. The van der Waals surface area contributed by atoms with Crippen molar-refractivity contribution >= 4 is 76.4 Å². The zero-order valence-electron chi connectivity index (χ0n) is 68.8. The number of amides is 8. The minimum atomic E-state index is -2.46. The van der Waals surface area contributed by atoms with E-state index in [0.29, 0.717) is 25.3 Å². The molecule has 2 saturated heterocycles. The fourth-order valence-electron chi connectivity index (χ4n) is 15.6. The van der Waals surface area contributed by atoms with Crippen LogP contribution >= 0.6 is 23.2 Å². The maximum absolute atomic E-state index is 16.8. The number of unbranched alkanes of at least 4 members (excludes halogenated alkanes) is 5. The number of nitrogens with one attached hydrogen (secondary N) is 8. The smallest absolute Gasteiger partial charge is 0.335 e. The highest BCUT2D eigenvalue weighted by Crippen LogP contribution is 2.51. The van der Waals surface area contributed by atoms with Crippen LogP contribution < -0.4 is 72.0 Å². The highest BCUT2D eigenvalue weighted by Gasteiger charge is 2.52. The summed E-state index contributed by atoms with van der Waals surface area (Å²) in [6.07, 6.45) is -15.9. The molecule has 8 aliphatic rings. The van der Waals surface area contributed by atoms with E-state index in [1.807, 2.05) is 0 Å². The van der Waals surface area contributed by atoms with Gasteiger partial charge in [0.25, 0.3) is 0 Å². The van der Waals surface area contributed by atoms with Crippen LogP contribution in [0.3, 0.4) is 0 Å². The average Bonchev–Trinajstić information content (AvgIpc) is 0.767.